The molecule has 0 saturated heterocycles. The van der Waals surface area contributed by atoms with Crippen LogP contribution in [-0.2, 0) is 26.2 Å². The number of halogens is 2. The Morgan fingerprint density at radius 3 is 2.24 bits per heavy atom. The van der Waals surface area contributed by atoms with Crippen LogP contribution in [-0.4, -0.2) is 58.5 Å². The molecule has 0 spiro atoms. The van der Waals surface area contributed by atoms with Crippen LogP contribution in [0.1, 0.15) is 25.8 Å². The average molecular weight is 623 g/mol. The second kappa shape index (κ2) is 14.4. The Bertz CT molecular complexity index is 1470. The van der Waals surface area contributed by atoms with Gasteiger partial charge in [-0.1, -0.05) is 54.4 Å². The first-order valence-corrected chi connectivity index (χ1v) is 15.0. The standard InChI is InChI=1S/C29H33Cl2N3O6S/c1-5-15-32-29(36)20(2)33(18-21-11-12-22(30)16-25(21)31)28(35)19-34(23-9-7-6-8-10-23)41(37,38)24-13-14-26(39-3)27(17-24)40-4/h6-14,16-17,20H,5,15,18-19H2,1-4H3,(H,32,36). The van der Waals surface area contributed by atoms with Crippen LogP contribution in [0.25, 0.3) is 0 Å². The van der Waals surface area contributed by atoms with E-state index in [4.69, 9.17) is 32.7 Å². The Hall–Kier alpha value is -3.47. The van der Waals surface area contributed by atoms with Gasteiger partial charge in [0.15, 0.2) is 11.5 Å². The molecule has 220 valence electrons. The molecule has 0 aliphatic carbocycles. The fraction of sp³-hybridized carbons (Fsp3) is 0.310. The minimum absolute atomic E-state index is 0.0470. The van der Waals surface area contributed by atoms with Crippen molar-refractivity contribution in [3.8, 4) is 11.5 Å². The van der Waals surface area contributed by atoms with Crippen LogP contribution in [0.15, 0.2) is 71.6 Å². The van der Waals surface area contributed by atoms with Crippen LogP contribution in [0, 0.1) is 0 Å². The molecule has 0 aromatic heterocycles. The number of rotatable bonds is 13. The minimum atomic E-state index is -4.28. The third-order valence-corrected chi connectivity index (χ3v) is 8.70. The molecule has 1 unspecified atom stereocenters. The first kappa shape index (κ1) is 32.0. The summed E-state index contributed by atoms with van der Waals surface area (Å²) in [5, 5.41) is 3.53. The van der Waals surface area contributed by atoms with Crippen molar-refractivity contribution in [1.29, 1.82) is 0 Å². The predicted molar refractivity (Wildman–Crippen MR) is 160 cm³/mol. The summed E-state index contributed by atoms with van der Waals surface area (Å²) in [5.41, 5.74) is 0.816. The molecule has 0 aliphatic rings. The molecule has 9 nitrogen and oxygen atoms in total. The Morgan fingerprint density at radius 1 is 0.951 bits per heavy atom. The van der Waals surface area contributed by atoms with E-state index in [2.05, 4.69) is 5.32 Å². The number of methoxy groups -OCH3 is 2. The molecule has 41 heavy (non-hydrogen) atoms. The lowest BCUT2D eigenvalue weighted by Gasteiger charge is -2.32. The number of amides is 2. The van der Waals surface area contributed by atoms with Gasteiger partial charge in [0.05, 0.1) is 24.8 Å². The molecule has 0 radical (unpaired) electrons. The summed E-state index contributed by atoms with van der Waals surface area (Å²) in [4.78, 5) is 28.1. The van der Waals surface area contributed by atoms with Crippen LogP contribution in [0.4, 0.5) is 5.69 Å². The molecular weight excluding hydrogens is 589 g/mol. The molecule has 12 heteroatoms. The van der Waals surface area contributed by atoms with Gasteiger partial charge in [0.1, 0.15) is 12.6 Å². The minimum Gasteiger partial charge on any atom is -0.493 e. The van der Waals surface area contributed by atoms with Crippen LogP contribution >= 0.6 is 23.2 Å². The van der Waals surface area contributed by atoms with Gasteiger partial charge in [-0.05, 0) is 55.3 Å². The molecule has 0 fully saturated rings. The fourth-order valence-electron chi connectivity index (χ4n) is 4.04. The van der Waals surface area contributed by atoms with Crippen molar-refractivity contribution in [2.75, 3.05) is 31.6 Å². The van der Waals surface area contributed by atoms with E-state index < -0.39 is 28.5 Å². The molecule has 1 N–H and O–H groups in total. The molecule has 3 aromatic carbocycles. The van der Waals surface area contributed by atoms with E-state index in [0.717, 1.165) is 4.31 Å². The van der Waals surface area contributed by atoms with E-state index in [9.17, 15) is 18.0 Å². The van der Waals surface area contributed by atoms with Gasteiger partial charge in [-0.3, -0.25) is 13.9 Å². The zero-order valence-corrected chi connectivity index (χ0v) is 25.6. The van der Waals surface area contributed by atoms with E-state index in [1.807, 2.05) is 6.92 Å². The summed E-state index contributed by atoms with van der Waals surface area (Å²) in [6.07, 6.45) is 0.709. The number of hydrogen-bond acceptors (Lipinski definition) is 6. The molecule has 2 amide bonds. The monoisotopic (exact) mass is 621 g/mol. The number of sulfonamides is 1. The third kappa shape index (κ3) is 7.84. The zero-order valence-electron chi connectivity index (χ0n) is 23.3. The number of hydrogen-bond donors (Lipinski definition) is 1. The van der Waals surface area contributed by atoms with Gasteiger partial charge in [-0.25, -0.2) is 8.42 Å². The summed E-state index contributed by atoms with van der Waals surface area (Å²) >= 11 is 12.5. The molecule has 0 saturated carbocycles. The van der Waals surface area contributed by atoms with Crippen molar-refractivity contribution in [2.24, 2.45) is 0 Å². The van der Waals surface area contributed by atoms with E-state index in [1.54, 1.807) is 55.5 Å². The molecule has 0 aliphatic heterocycles. The highest BCUT2D eigenvalue weighted by molar-refractivity contribution is 7.92. The van der Waals surface area contributed by atoms with Gasteiger partial charge in [-0.15, -0.1) is 0 Å². The van der Waals surface area contributed by atoms with Gasteiger partial charge < -0.3 is 19.7 Å². The second-order valence-electron chi connectivity index (χ2n) is 9.09. The van der Waals surface area contributed by atoms with E-state index in [0.29, 0.717) is 34.3 Å². The first-order chi connectivity index (χ1) is 19.5. The number of nitrogens with one attached hydrogen (secondary N) is 1. The van der Waals surface area contributed by atoms with Crippen LogP contribution in [0.2, 0.25) is 10.0 Å². The number of carbonyl (C=O) groups excluding carboxylic acids is 2. The van der Waals surface area contributed by atoms with Crippen molar-refractivity contribution < 1.29 is 27.5 Å². The maximum atomic E-state index is 14.0. The first-order valence-electron chi connectivity index (χ1n) is 12.8. The molecule has 3 rings (SSSR count). The largest absolute Gasteiger partial charge is 0.493 e. The van der Waals surface area contributed by atoms with Gasteiger partial charge in [-0.2, -0.15) is 0 Å². The highest BCUT2D eigenvalue weighted by Gasteiger charge is 2.33. The molecular formula is C29H33Cl2N3O6S. The van der Waals surface area contributed by atoms with E-state index >= 15 is 0 Å². The van der Waals surface area contributed by atoms with Crippen molar-refractivity contribution in [3.63, 3.8) is 0 Å². The number of anilines is 1. The molecule has 0 heterocycles. The fourth-order valence-corrected chi connectivity index (χ4v) is 5.94. The van der Waals surface area contributed by atoms with Crippen molar-refractivity contribution >= 4 is 50.7 Å². The van der Waals surface area contributed by atoms with Crippen molar-refractivity contribution in [3.05, 3.63) is 82.3 Å². The number of para-hydroxylation sites is 1. The van der Waals surface area contributed by atoms with E-state index in [1.165, 1.54) is 37.3 Å². The Kier molecular flexibility index (Phi) is 11.3. The Labute approximate surface area is 251 Å². The Morgan fingerprint density at radius 2 is 1.63 bits per heavy atom. The number of benzene rings is 3. The number of nitrogens with zero attached hydrogens (tertiary/aromatic N) is 2. The topological polar surface area (TPSA) is 105 Å². The van der Waals surface area contributed by atoms with Gasteiger partial charge in [0.2, 0.25) is 11.8 Å². The van der Waals surface area contributed by atoms with Crippen molar-refractivity contribution in [2.45, 2.75) is 37.8 Å². The average Bonchev–Trinajstić information content (AvgIpc) is 2.97. The highest BCUT2D eigenvalue weighted by atomic mass is 35.5. The van der Waals surface area contributed by atoms with Crippen LogP contribution in [0.5, 0.6) is 11.5 Å². The maximum absolute atomic E-state index is 14.0. The second-order valence-corrected chi connectivity index (χ2v) is 11.8. The van der Waals surface area contributed by atoms with Gasteiger partial charge in [0.25, 0.3) is 10.0 Å². The number of ether oxygens (including phenoxy) is 2. The smallest absolute Gasteiger partial charge is 0.264 e. The van der Waals surface area contributed by atoms with E-state index in [-0.39, 0.29) is 28.8 Å². The molecule has 1 atom stereocenters. The van der Waals surface area contributed by atoms with Gasteiger partial charge >= 0.3 is 0 Å². The predicted octanol–water partition coefficient (Wildman–Crippen LogP) is 5.15. The summed E-state index contributed by atoms with van der Waals surface area (Å²) in [6.45, 7) is 3.29. The highest BCUT2D eigenvalue weighted by Crippen LogP contribution is 2.32. The summed E-state index contributed by atoms with van der Waals surface area (Å²) < 4.78 is 39.5. The zero-order chi connectivity index (χ0) is 30.2. The normalized spacial score (nSPS) is 11.9. The van der Waals surface area contributed by atoms with Crippen LogP contribution < -0.4 is 19.1 Å². The number of carbonyl (C=O) groups is 2. The SMILES string of the molecule is CCCNC(=O)C(C)N(Cc1ccc(Cl)cc1Cl)C(=O)CN(c1ccccc1)S(=O)(=O)c1ccc(OC)c(OC)c1. The molecule has 0 bridgehead atoms. The summed E-state index contributed by atoms with van der Waals surface area (Å²) in [6, 6.07) is 16.3. The maximum Gasteiger partial charge on any atom is 0.264 e. The van der Waals surface area contributed by atoms with Crippen LogP contribution in [0.3, 0.4) is 0 Å². The lowest BCUT2D eigenvalue weighted by molar-refractivity contribution is -0.139. The third-order valence-electron chi connectivity index (χ3n) is 6.34. The summed E-state index contributed by atoms with van der Waals surface area (Å²) in [7, 11) is -1.44. The quantitative estimate of drug-likeness (QED) is 0.283. The van der Waals surface area contributed by atoms with Gasteiger partial charge in [0, 0.05) is 29.2 Å². The lowest BCUT2D eigenvalue weighted by atomic mass is 10.1. The lowest BCUT2D eigenvalue weighted by Crippen LogP contribution is -2.51. The summed E-state index contributed by atoms with van der Waals surface area (Å²) in [5.74, 6) is -0.415. The Balaban J connectivity index is 2.05. The molecule has 3 aromatic rings. The van der Waals surface area contributed by atoms with Crippen molar-refractivity contribution in [1.82, 2.24) is 10.2 Å².